The van der Waals surface area contributed by atoms with Gasteiger partial charge < -0.3 is 20.3 Å². The molecule has 0 saturated carbocycles. The van der Waals surface area contributed by atoms with Gasteiger partial charge in [-0.25, -0.2) is 4.99 Å². The Morgan fingerprint density at radius 3 is 2.57 bits per heavy atom. The van der Waals surface area contributed by atoms with Gasteiger partial charge in [0.25, 0.3) is 0 Å². The van der Waals surface area contributed by atoms with Crippen LogP contribution < -0.4 is 10.6 Å². The van der Waals surface area contributed by atoms with Crippen molar-refractivity contribution in [2.24, 2.45) is 4.99 Å². The van der Waals surface area contributed by atoms with Crippen molar-refractivity contribution in [3.8, 4) is 0 Å². The summed E-state index contributed by atoms with van der Waals surface area (Å²) in [5.41, 5.74) is 1.31. The molecule has 0 unspecified atom stereocenters. The summed E-state index contributed by atoms with van der Waals surface area (Å²) in [6.07, 6.45) is 5.20. The van der Waals surface area contributed by atoms with Gasteiger partial charge in [0.2, 0.25) is 5.91 Å². The van der Waals surface area contributed by atoms with E-state index in [1.165, 1.54) is 5.56 Å². The summed E-state index contributed by atoms with van der Waals surface area (Å²) < 4.78 is 5.70. The first-order valence-electron chi connectivity index (χ1n) is 10.2. The van der Waals surface area contributed by atoms with Gasteiger partial charge in [0.05, 0.1) is 6.61 Å². The van der Waals surface area contributed by atoms with Crippen molar-refractivity contribution in [2.75, 3.05) is 45.9 Å². The number of benzene rings is 1. The van der Waals surface area contributed by atoms with E-state index in [4.69, 9.17) is 4.74 Å². The third kappa shape index (κ3) is 10.3. The zero-order chi connectivity index (χ0) is 19.2. The van der Waals surface area contributed by atoms with Crippen molar-refractivity contribution in [3.05, 3.63) is 35.9 Å². The average molecular weight is 502 g/mol. The summed E-state index contributed by atoms with van der Waals surface area (Å²) >= 11 is 0. The number of carbonyl (C=O) groups excluding carboxylic acids is 1. The standard InChI is InChI=1S/C21H34N4O2.HI/c1-2-22-21(24-18-20(26)25-14-7-8-15-25)23-13-6-9-16-27-17-12-19-10-4-3-5-11-19;/h3-5,10-11H,2,6-9,12-18H2,1H3,(H2,22,23,24);1H. The predicted octanol–water partition coefficient (Wildman–Crippen LogP) is 2.82. The second-order valence-electron chi connectivity index (χ2n) is 6.76. The molecule has 1 aliphatic heterocycles. The maximum absolute atomic E-state index is 12.1. The van der Waals surface area contributed by atoms with Crippen LogP contribution in [0.4, 0.5) is 0 Å². The molecule has 0 radical (unpaired) electrons. The number of nitrogens with one attached hydrogen (secondary N) is 2. The van der Waals surface area contributed by atoms with Crippen LogP contribution in [0.1, 0.15) is 38.2 Å². The van der Waals surface area contributed by atoms with E-state index in [1.807, 2.05) is 17.9 Å². The SMILES string of the molecule is CCNC(=NCC(=O)N1CCCC1)NCCCCOCCc1ccccc1.I. The van der Waals surface area contributed by atoms with Gasteiger partial charge in [-0.2, -0.15) is 0 Å². The fourth-order valence-corrected chi connectivity index (χ4v) is 3.03. The molecule has 0 aliphatic carbocycles. The van der Waals surface area contributed by atoms with Crippen molar-refractivity contribution in [1.29, 1.82) is 0 Å². The van der Waals surface area contributed by atoms with Gasteiger partial charge in [-0.15, -0.1) is 24.0 Å². The number of aliphatic imine (C=N–C) groups is 1. The van der Waals surface area contributed by atoms with E-state index in [-0.39, 0.29) is 36.4 Å². The maximum atomic E-state index is 12.1. The number of hydrogen-bond donors (Lipinski definition) is 2. The lowest BCUT2D eigenvalue weighted by atomic mass is 10.2. The third-order valence-electron chi connectivity index (χ3n) is 4.56. The second kappa shape index (κ2) is 15.6. The molecule has 1 fully saturated rings. The first-order chi connectivity index (χ1) is 13.3. The second-order valence-corrected chi connectivity index (χ2v) is 6.76. The Hall–Kier alpha value is -1.35. The molecule has 158 valence electrons. The fourth-order valence-electron chi connectivity index (χ4n) is 3.03. The molecule has 0 aromatic heterocycles. The van der Waals surface area contributed by atoms with Crippen molar-refractivity contribution >= 4 is 35.8 Å². The minimum atomic E-state index is 0. The fraction of sp³-hybridized carbons (Fsp3) is 0.619. The number of amides is 1. The lowest BCUT2D eigenvalue weighted by Crippen LogP contribution is -2.39. The van der Waals surface area contributed by atoms with Crippen LogP contribution in [-0.2, 0) is 16.0 Å². The van der Waals surface area contributed by atoms with Crippen LogP contribution in [0.25, 0.3) is 0 Å². The largest absolute Gasteiger partial charge is 0.381 e. The Bertz CT molecular complexity index is 563. The zero-order valence-corrected chi connectivity index (χ0v) is 19.3. The quantitative estimate of drug-likeness (QED) is 0.212. The molecule has 2 rings (SSSR count). The number of guanidine groups is 1. The van der Waals surface area contributed by atoms with E-state index < -0.39 is 0 Å². The topological polar surface area (TPSA) is 66.0 Å². The zero-order valence-electron chi connectivity index (χ0n) is 17.0. The number of nitrogens with zero attached hydrogens (tertiary/aromatic N) is 2. The molecule has 1 heterocycles. The molecular weight excluding hydrogens is 467 g/mol. The average Bonchev–Trinajstić information content (AvgIpc) is 3.23. The smallest absolute Gasteiger partial charge is 0.244 e. The molecule has 0 spiro atoms. The molecular formula is C21H35IN4O2. The highest BCUT2D eigenvalue weighted by molar-refractivity contribution is 14.0. The molecule has 7 heteroatoms. The molecule has 6 nitrogen and oxygen atoms in total. The Labute approximate surface area is 186 Å². The van der Waals surface area contributed by atoms with Gasteiger partial charge in [-0.1, -0.05) is 30.3 Å². The summed E-state index contributed by atoms with van der Waals surface area (Å²) in [5, 5.41) is 6.49. The highest BCUT2D eigenvalue weighted by Gasteiger charge is 2.17. The van der Waals surface area contributed by atoms with E-state index in [2.05, 4.69) is 39.9 Å². The van der Waals surface area contributed by atoms with Gasteiger partial charge in [0, 0.05) is 32.8 Å². The number of ether oxygens (including phenoxy) is 1. The molecule has 28 heavy (non-hydrogen) atoms. The first kappa shape index (κ1) is 24.7. The van der Waals surface area contributed by atoms with Gasteiger partial charge in [-0.3, -0.25) is 4.79 Å². The molecule has 1 aliphatic rings. The number of hydrogen-bond acceptors (Lipinski definition) is 3. The van der Waals surface area contributed by atoms with Crippen LogP contribution in [-0.4, -0.2) is 62.7 Å². The van der Waals surface area contributed by atoms with Crippen LogP contribution in [0, 0.1) is 0 Å². The first-order valence-corrected chi connectivity index (χ1v) is 10.2. The minimum absolute atomic E-state index is 0. The number of carbonyl (C=O) groups is 1. The highest BCUT2D eigenvalue weighted by Crippen LogP contribution is 2.07. The highest BCUT2D eigenvalue weighted by atomic mass is 127. The number of likely N-dealkylation sites (tertiary alicyclic amines) is 1. The van der Waals surface area contributed by atoms with Crippen LogP contribution in [0.3, 0.4) is 0 Å². The number of halogens is 1. The molecule has 2 N–H and O–H groups in total. The van der Waals surface area contributed by atoms with Gasteiger partial charge >= 0.3 is 0 Å². The number of unbranched alkanes of at least 4 members (excludes halogenated alkanes) is 1. The van der Waals surface area contributed by atoms with E-state index >= 15 is 0 Å². The van der Waals surface area contributed by atoms with Crippen LogP contribution in [0.2, 0.25) is 0 Å². The number of rotatable bonds is 11. The van der Waals surface area contributed by atoms with E-state index in [0.29, 0.717) is 0 Å². The normalized spacial score (nSPS) is 13.9. The van der Waals surface area contributed by atoms with Crippen molar-refractivity contribution in [1.82, 2.24) is 15.5 Å². The van der Waals surface area contributed by atoms with Crippen LogP contribution >= 0.6 is 24.0 Å². The summed E-state index contributed by atoms with van der Waals surface area (Å²) in [6.45, 7) is 7.15. The Morgan fingerprint density at radius 1 is 1.11 bits per heavy atom. The molecule has 1 aromatic carbocycles. The monoisotopic (exact) mass is 502 g/mol. The van der Waals surface area contributed by atoms with Crippen LogP contribution in [0.5, 0.6) is 0 Å². The van der Waals surface area contributed by atoms with Crippen molar-refractivity contribution < 1.29 is 9.53 Å². The third-order valence-corrected chi connectivity index (χ3v) is 4.56. The van der Waals surface area contributed by atoms with Crippen molar-refractivity contribution in [3.63, 3.8) is 0 Å². The summed E-state index contributed by atoms with van der Waals surface area (Å²) in [4.78, 5) is 18.4. The van der Waals surface area contributed by atoms with Gasteiger partial charge in [0.1, 0.15) is 6.54 Å². The Kier molecular flexibility index (Phi) is 13.7. The Balaban J connectivity index is 0.00000392. The lowest BCUT2D eigenvalue weighted by molar-refractivity contribution is -0.128. The molecule has 1 aromatic rings. The van der Waals surface area contributed by atoms with E-state index in [1.54, 1.807) is 0 Å². The van der Waals surface area contributed by atoms with Crippen LogP contribution in [0.15, 0.2) is 35.3 Å². The Morgan fingerprint density at radius 2 is 1.86 bits per heavy atom. The van der Waals surface area contributed by atoms with E-state index in [9.17, 15) is 4.79 Å². The van der Waals surface area contributed by atoms with Gasteiger partial charge in [-0.05, 0) is 44.6 Å². The molecule has 0 bridgehead atoms. The summed E-state index contributed by atoms with van der Waals surface area (Å²) in [6, 6.07) is 10.4. The predicted molar refractivity (Wildman–Crippen MR) is 125 cm³/mol. The van der Waals surface area contributed by atoms with Gasteiger partial charge in [0.15, 0.2) is 5.96 Å². The maximum Gasteiger partial charge on any atom is 0.244 e. The molecule has 1 amide bonds. The lowest BCUT2D eigenvalue weighted by Gasteiger charge is -2.15. The summed E-state index contributed by atoms with van der Waals surface area (Å²) in [5.74, 6) is 0.839. The molecule has 0 atom stereocenters. The molecule has 1 saturated heterocycles. The minimum Gasteiger partial charge on any atom is -0.381 e. The van der Waals surface area contributed by atoms with Crippen molar-refractivity contribution in [2.45, 2.75) is 39.0 Å². The summed E-state index contributed by atoms with van der Waals surface area (Å²) in [7, 11) is 0. The van der Waals surface area contributed by atoms with E-state index in [0.717, 1.165) is 77.5 Å².